The molecule has 2 aliphatic rings. The molecule has 0 aromatic carbocycles. The van der Waals surface area contributed by atoms with E-state index >= 15 is 0 Å². The maximum Gasteiger partial charge on any atom is 0.107 e. The Morgan fingerprint density at radius 2 is 2.00 bits per heavy atom. The fourth-order valence-electron chi connectivity index (χ4n) is 3.72. The highest BCUT2D eigenvalue weighted by Gasteiger charge is 2.34. The van der Waals surface area contributed by atoms with Crippen molar-refractivity contribution in [2.45, 2.75) is 64.5 Å². The molecule has 1 N–H and O–H groups in total. The molecule has 1 aromatic rings. The molecule has 2 heterocycles. The van der Waals surface area contributed by atoms with E-state index in [0.717, 1.165) is 6.54 Å². The van der Waals surface area contributed by atoms with Crippen LogP contribution in [0.3, 0.4) is 0 Å². The number of aryl methyl sites for hydroxylation is 2. The Morgan fingerprint density at radius 3 is 2.70 bits per heavy atom. The quantitative estimate of drug-likeness (QED) is 0.907. The first-order valence-corrected chi connectivity index (χ1v) is 8.89. The Balaban J connectivity index is 1.68. The Labute approximate surface area is 126 Å². The number of thiazole rings is 1. The summed E-state index contributed by atoms with van der Waals surface area (Å²) in [5.74, 6) is 0. The van der Waals surface area contributed by atoms with E-state index in [1.165, 1.54) is 73.7 Å². The van der Waals surface area contributed by atoms with E-state index < -0.39 is 0 Å². The number of aromatic nitrogens is 1. The van der Waals surface area contributed by atoms with E-state index in [1.807, 2.05) is 11.3 Å². The third-order valence-corrected chi connectivity index (χ3v) is 5.98. The van der Waals surface area contributed by atoms with Gasteiger partial charge in [-0.05, 0) is 46.2 Å². The minimum Gasteiger partial charge on any atom is -0.310 e. The lowest BCUT2D eigenvalue weighted by molar-refractivity contribution is 0.159. The molecule has 2 fully saturated rings. The summed E-state index contributed by atoms with van der Waals surface area (Å²) in [4.78, 5) is 8.74. The third-order valence-electron chi connectivity index (χ3n) is 4.92. The lowest BCUT2D eigenvalue weighted by atomic mass is 9.81. The van der Waals surface area contributed by atoms with E-state index in [0.29, 0.717) is 5.54 Å². The molecular formula is C16H27N3S. The van der Waals surface area contributed by atoms with Gasteiger partial charge in [0.1, 0.15) is 5.01 Å². The van der Waals surface area contributed by atoms with Crippen molar-refractivity contribution in [1.29, 1.82) is 0 Å². The molecule has 112 valence electrons. The van der Waals surface area contributed by atoms with Crippen molar-refractivity contribution in [2.75, 3.05) is 19.6 Å². The van der Waals surface area contributed by atoms with Gasteiger partial charge in [0.2, 0.25) is 0 Å². The maximum atomic E-state index is 4.72. The molecule has 3 rings (SSSR count). The van der Waals surface area contributed by atoms with Crippen molar-refractivity contribution in [3.05, 3.63) is 15.6 Å². The first-order chi connectivity index (χ1) is 9.67. The standard InChI is InChI=1S/C16H27N3S/c1-13-14(2)20-15(18-13)11-19-10-6-9-17-16(12-19)7-4-3-5-8-16/h17H,3-12H2,1-2H3. The summed E-state index contributed by atoms with van der Waals surface area (Å²) in [5.41, 5.74) is 1.61. The summed E-state index contributed by atoms with van der Waals surface area (Å²) in [7, 11) is 0. The maximum absolute atomic E-state index is 4.72. The highest BCUT2D eigenvalue weighted by atomic mass is 32.1. The predicted molar refractivity (Wildman–Crippen MR) is 85.3 cm³/mol. The van der Waals surface area contributed by atoms with Crippen LogP contribution >= 0.6 is 11.3 Å². The molecule has 1 saturated heterocycles. The first kappa shape index (κ1) is 14.5. The largest absolute Gasteiger partial charge is 0.310 e. The minimum absolute atomic E-state index is 0.399. The van der Waals surface area contributed by atoms with Crippen LogP contribution < -0.4 is 5.32 Å². The van der Waals surface area contributed by atoms with Crippen LogP contribution in [0.15, 0.2) is 0 Å². The molecule has 4 heteroatoms. The number of nitrogens with zero attached hydrogens (tertiary/aromatic N) is 2. The summed E-state index contributed by atoms with van der Waals surface area (Å²) >= 11 is 1.88. The fraction of sp³-hybridized carbons (Fsp3) is 0.812. The highest BCUT2D eigenvalue weighted by Crippen LogP contribution is 2.31. The molecule has 0 amide bonds. The average molecular weight is 293 g/mol. The van der Waals surface area contributed by atoms with E-state index in [9.17, 15) is 0 Å². The molecule has 0 radical (unpaired) electrons. The minimum atomic E-state index is 0.399. The zero-order valence-corrected chi connectivity index (χ0v) is 13.7. The van der Waals surface area contributed by atoms with E-state index in [1.54, 1.807) is 0 Å². The summed E-state index contributed by atoms with van der Waals surface area (Å²) in [6.07, 6.45) is 8.21. The van der Waals surface area contributed by atoms with Gasteiger partial charge in [0, 0.05) is 17.0 Å². The van der Waals surface area contributed by atoms with Gasteiger partial charge >= 0.3 is 0 Å². The van der Waals surface area contributed by atoms with Crippen molar-refractivity contribution < 1.29 is 0 Å². The molecule has 0 atom stereocenters. The molecule has 1 aliphatic carbocycles. The van der Waals surface area contributed by atoms with Crippen LogP contribution in [0.5, 0.6) is 0 Å². The van der Waals surface area contributed by atoms with Crippen LogP contribution in [0.4, 0.5) is 0 Å². The monoisotopic (exact) mass is 293 g/mol. The Bertz CT molecular complexity index is 429. The van der Waals surface area contributed by atoms with Gasteiger partial charge in [-0.25, -0.2) is 4.98 Å². The molecule has 1 aromatic heterocycles. The molecule has 0 bridgehead atoms. The molecule has 0 unspecified atom stereocenters. The van der Waals surface area contributed by atoms with Crippen LogP contribution in [0.2, 0.25) is 0 Å². The predicted octanol–water partition coefficient (Wildman–Crippen LogP) is 3.26. The van der Waals surface area contributed by atoms with Gasteiger partial charge in [-0.3, -0.25) is 4.90 Å². The first-order valence-electron chi connectivity index (χ1n) is 8.07. The van der Waals surface area contributed by atoms with Crippen molar-refractivity contribution in [3.8, 4) is 0 Å². The average Bonchev–Trinajstić information content (AvgIpc) is 2.63. The van der Waals surface area contributed by atoms with Gasteiger partial charge < -0.3 is 5.32 Å². The summed E-state index contributed by atoms with van der Waals surface area (Å²) in [5, 5.41) is 5.17. The van der Waals surface area contributed by atoms with Gasteiger partial charge in [-0.2, -0.15) is 0 Å². The van der Waals surface area contributed by atoms with Gasteiger partial charge in [-0.1, -0.05) is 19.3 Å². The Hall–Kier alpha value is -0.450. The SMILES string of the molecule is Cc1nc(CN2CCCNC3(CCCCC3)C2)sc1C. The van der Waals surface area contributed by atoms with Crippen molar-refractivity contribution in [3.63, 3.8) is 0 Å². The van der Waals surface area contributed by atoms with E-state index in [-0.39, 0.29) is 0 Å². The van der Waals surface area contributed by atoms with E-state index in [4.69, 9.17) is 4.98 Å². The van der Waals surface area contributed by atoms with Crippen molar-refractivity contribution in [1.82, 2.24) is 15.2 Å². The van der Waals surface area contributed by atoms with Crippen LogP contribution in [0, 0.1) is 13.8 Å². The summed E-state index contributed by atoms with van der Waals surface area (Å²) in [6.45, 7) is 8.97. The molecule has 3 nitrogen and oxygen atoms in total. The topological polar surface area (TPSA) is 28.2 Å². The van der Waals surface area contributed by atoms with Crippen molar-refractivity contribution >= 4 is 11.3 Å². The van der Waals surface area contributed by atoms with Gasteiger partial charge in [0.05, 0.1) is 12.2 Å². The van der Waals surface area contributed by atoms with Gasteiger partial charge in [0.25, 0.3) is 0 Å². The second-order valence-electron chi connectivity index (χ2n) is 6.58. The van der Waals surface area contributed by atoms with Crippen molar-refractivity contribution in [2.24, 2.45) is 0 Å². The second kappa shape index (κ2) is 6.12. The van der Waals surface area contributed by atoms with Gasteiger partial charge in [0.15, 0.2) is 0 Å². The Kier molecular flexibility index (Phi) is 4.43. The number of rotatable bonds is 2. The fourth-order valence-corrected chi connectivity index (χ4v) is 4.69. The lowest BCUT2D eigenvalue weighted by Crippen LogP contribution is -2.52. The molecular weight excluding hydrogens is 266 g/mol. The molecule has 20 heavy (non-hydrogen) atoms. The number of nitrogens with one attached hydrogen (secondary N) is 1. The summed E-state index contributed by atoms with van der Waals surface area (Å²) < 4.78 is 0. The molecule has 1 spiro atoms. The van der Waals surface area contributed by atoms with Crippen LogP contribution in [0.25, 0.3) is 0 Å². The Morgan fingerprint density at radius 1 is 1.20 bits per heavy atom. The zero-order chi connectivity index (χ0) is 14.0. The highest BCUT2D eigenvalue weighted by molar-refractivity contribution is 7.11. The van der Waals surface area contributed by atoms with Crippen LogP contribution in [0.1, 0.15) is 54.1 Å². The second-order valence-corrected chi connectivity index (χ2v) is 7.87. The smallest absolute Gasteiger partial charge is 0.107 e. The molecule has 1 saturated carbocycles. The lowest BCUT2D eigenvalue weighted by Gasteiger charge is -2.39. The normalized spacial score (nSPS) is 23.9. The summed E-state index contributed by atoms with van der Waals surface area (Å²) in [6, 6.07) is 0. The number of hydrogen-bond donors (Lipinski definition) is 1. The van der Waals surface area contributed by atoms with Crippen LogP contribution in [-0.4, -0.2) is 35.1 Å². The third kappa shape index (κ3) is 3.23. The number of hydrogen-bond acceptors (Lipinski definition) is 4. The van der Waals surface area contributed by atoms with Crippen LogP contribution in [-0.2, 0) is 6.54 Å². The van der Waals surface area contributed by atoms with E-state index in [2.05, 4.69) is 24.1 Å². The zero-order valence-electron chi connectivity index (χ0n) is 12.9. The molecule has 1 aliphatic heterocycles. The van der Waals surface area contributed by atoms with Gasteiger partial charge in [-0.15, -0.1) is 11.3 Å².